The lowest BCUT2D eigenvalue weighted by Crippen LogP contribution is -2.33. The maximum absolute atomic E-state index is 6.16. The van der Waals surface area contributed by atoms with Gasteiger partial charge in [-0.2, -0.15) is 0 Å². The van der Waals surface area contributed by atoms with Crippen LogP contribution in [0.4, 0.5) is 0 Å². The summed E-state index contributed by atoms with van der Waals surface area (Å²) in [5.74, 6) is 0. The second kappa shape index (κ2) is 10.2. The lowest BCUT2D eigenvalue weighted by molar-refractivity contribution is 1.41. The van der Waals surface area contributed by atoms with Gasteiger partial charge in [-0.25, -0.2) is 0 Å². The van der Waals surface area contributed by atoms with Crippen LogP contribution >= 0.6 is 60.0 Å². The second-order valence-corrected chi connectivity index (χ2v) is 21.2. The average molecular weight is 585 g/mol. The first-order valence-corrected chi connectivity index (χ1v) is 18.4. The van der Waals surface area contributed by atoms with Gasteiger partial charge in [0.05, 0.1) is 20.8 Å². The number of rotatable bonds is 6. The third-order valence-corrected chi connectivity index (χ3v) is 25.0. The summed E-state index contributed by atoms with van der Waals surface area (Å²) in [6.45, 7) is 0. The summed E-state index contributed by atoms with van der Waals surface area (Å²) in [6, 6.07) is 33.0. The molecule has 1 heterocycles. The van der Waals surface area contributed by atoms with E-state index in [1.807, 2.05) is 36.4 Å². The Morgan fingerprint density at radius 3 is 1.03 bits per heavy atom. The molecule has 1 aliphatic rings. The van der Waals surface area contributed by atoms with E-state index in [1.165, 1.54) is 19.6 Å². The zero-order valence-electron chi connectivity index (χ0n) is 17.7. The standard InChI is InChI=1S/C26H18P2S6/c29-25-27(31,19-11-15-23(16-12-19)33-21-7-3-1-4-8-21)26(30)28(25,32)20-13-17-24(18-14-20)34-22-9-5-2-6-10-22/h1-18H. The van der Waals surface area contributed by atoms with E-state index in [9.17, 15) is 0 Å². The predicted octanol–water partition coefficient (Wildman–Crippen LogP) is 8.48. The van der Waals surface area contributed by atoms with Crippen LogP contribution in [0.15, 0.2) is 129 Å². The van der Waals surface area contributed by atoms with Crippen molar-refractivity contribution in [2.45, 2.75) is 19.6 Å². The predicted molar refractivity (Wildman–Crippen MR) is 167 cm³/mol. The van der Waals surface area contributed by atoms with Crippen LogP contribution in [0.5, 0.6) is 0 Å². The Balaban J connectivity index is 1.35. The van der Waals surface area contributed by atoms with Gasteiger partial charge in [-0.1, -0.05) is 132 Å². The van der Waals surface area contributed by atoms with Gasteiger partial charge in [0.2, 0.25) is 0 Å². The van der Waals surface area contributed by atoms with E-state index >= 15 is 0 Å². The maximum Gasteiger partial charge on any atom is 0.0775 e. The molecule has 0 unspecified atom stereocenters. The summed E-state index contributed by atoms with van der Waals surface area (Å²) < 4.78 is 1.70. The Kier molecular flexibility index (Phi) is 7.42. The number of thiocarbonyl (C=S) groups is 2. The van der Waals surface area contributed by atoms with Gasteiger partial charge in [0.15, 0.2) is 0 Å². The third-order valence-electron chi connectivity index (χ3n) is 5.44. The Bertz CT molecular complexity index is 1330. The molecule has 0 bridgehead atoms. The minimum absolute atomic E-state index is 0.849. The molecule has 1 aliphatic heterocycles. The Morgan fingerprint density at radius 2 is 0.706 bits per heavy atom. The quantitative estimate of drug-likeness (QED) is 0.163. The fourth-order valence-corrected chi connectivity index (χ4v) is 22.3. The molecule has 0 nitrogen and oxygen atoms in total. The minimum Gasteiger partial charge on any atom is -0.0901 e. The largest absolute Gasteiger partial charge is 0.0901 e. The van der Waals surface area contributed by atoms with E-state index in [-0.39, 0.29) is 0 Å². The van der Waals surface area contributed by atoms with E-state index in [0.29, 0.717) is 0 Å². The smallest absolute Gasteiger partial charge is 0.0775 e. The summed E-state index contributed by atoms with van der Waals surface area (Å²) >= 11 is 27.7. The van der Waals surface area contributed by atoms with Gasteiger partial charge in [-0.15, -0.1) is 0 Å². The molecule has 0 radical (unpaired) electrons. The van der Waals surface area contributed by atoms with Crippen LogP contribution in [-0.2, 0) is 23.6 Å². The molecule has 4 aromatic carbocycles. The Hall–Kier alpha value is -0.940. The van der Waals surface area contributed by atoms with Crippen molar-refractivity contribution in [1.29, 1.82) is 0 Å². The zero-order valence-corrected chi connectivity index (χ0v) is 24.4. The Morgan fingerprint density at radius 1 is 0.412 bits per heavy atom. The molecule has 0 saturated carbocycles. The highest BCUT2D eigenvalue weighted by molar-refractivity contribution is 8.74. The lowest BCUT2D eigenvalue weighted by atomic mass is 10.4. The summed E-state index contributed by atoms with van der Waals surface area (Å²) in [6.07, 6.45) is 0. The molecule has 8 heteroatoms. The molecule has 0 aromatic heterocycles. The third kappa shape index (κ3) is 4.49. The van der Waals surface area contributed by atoms with Crippen molar-refractivity contribution in [1.82, 2.24) is 0 Å². The van der Waals surface area contributed by atoms with Crippen molar-refractivity contribution in [2.24, 2.45) is 0 Å². The maximum atomic E-state index is 6.16. The molecule has 0 amide bonds. The van der Waals surface area contributed by atoms with Gasteiger partial charge in [0.25, 0.3) is 0 Å². The van der Waals surface area contributed by atoms with E-state index in [0.717, 1.165) is 19.3 Å². The first-order valence-electron chi connectivity index (χ1n) is 10.4. The number of hydrogen-bond acceptors (Lipinski definition) is 6. The van der Waals surface area contributed by atoms with Crippen LogP contribution < -0.4 is 10.6 Å². The van der Waals surface area contributed by atoms with Crippen LogP contribution in [0.3, 0.4) is 0 Å². The van der Waals surface area contributed by atoms with Crippen molar-refractivity contribution in [3.8, 4) is 0 Å². The molecular formula is C26H18P2S6. The minimum atomic E-state index is -2.26. The highest BCUT2D eigenvalue weighted by Crippen LogP contribution is 2.81. The van der Waals surface area contributed by atoms with Crippen molar-refractivity contribution in [2.75, 3.05) is 0 Å². The summed E-state index contributed by atoms with van der Waals surface area (Å²) in [5, 5.41) is 2.12. The summed E-state index contributed by atoms with van der Waals surface area (Å²) in [7, 11) is 0. The molecule has 5 rings (SSSR count). The molecule has 4 aromatic rings. The van der Waals surface area contributed by atoms with Crippen LogP contribution in [0.25, 0.3) is 0 Å². The molecule has 0 N–H and O–H groups in total. The van der Waals surface area contributed by atoms with Crippen molar-refractivity contribution in [3.05, 3.63) is 109 Å². The zero-order chi connectivity index (χ0) is 23.8. The summed E-state index contributed by atoms with van der Waals surface area (Å²) in [4.78, 5) is 4.74. The number of hydrogen-bond donors (Lipinski definition) is 0. The molecule has 1 saturated heterocycles. The molecule has 168 valence electrons. The van der Waals surface area contributed by atoms with E-state index in [1.54, 1.807) is 23.5 Å². The highest BCUT2D eigenvalue weighted by atomic mass is 32.5. The fourth-order valence-electron chi connectivity index (χ4n) is 3.65. The fraction of sp³-hybridized carbons (Fsp3) is 0. The Labute approximate surface area is 230 Å². The summed E-state index contributed by atoms with van der Waals surface area (Å²) in [5.41, 5.74) is 0. The van der Waals surface area contributed by atoms with Gasteiger partial charge >= 0.3 is 0 Å². The van der Waals surface area contributed by atoms with Crippen molar-refractivity contribution >= 4 is 103 Å². The van der Waals surface area contributed by atoms with Gasteiger partial charge in [-0.05, 0) is 59.1 Å². The molecule has 34 heavy (non-hydrogen) atoms. The van der Waals surface area contributed by atoms with Crippen molar-refractivity contribution < 1.29 is 0 Å². The molecule has 0 spiro atoms. The van der Waals surface area contributed by atoms with E-state index < -0.39 is 12.1 Å². The van der Waals surface area contributed by atoms with Crippen LogP contribution in [0.2, 0.25) is 0 Å². The topological polar surface area (TPSA) is 0 Å². The van der Waals surface area contributed by atoms with E-state index in [2.05, 4.69) is 72.8 Å². The van der Waals surface area contributed by atoms with Crippen LogP contribution in [0, 0.1) is 0 Å². The molecular weight excluding hydrogens is 567 g/mol. The van der Waals surface area contributed by atoms with Gasteiger partial charge in [-0.3, -0.25) is 0 Å². The van der Waals surface area contributed by atoms with Gasteiger partial charge in [0.1, 0.15) is 0 Å². The first kappa shape index (κ1) is 24.7. The van der Waals surface area contributed by atoms with Gasteiger partial charge < -0.3 is 0 Å². The second-order valence-electron chi connectivity index (χ2n) is 7.60. The molecule has 0 atom stereocenters. The van der Waals surface area contributed by atoms with Crippen LogP contribution in [-0.4, -0.2) is 8.69 Å². The highest BCUT2D eigenvalue weighted by Gasteiger charge is 2.54. The first-order chi connectivity index (χ1) is 16.4. The number of benzene rings is 4. The lowest BCUT2D eigenvalue weighted by Gasteiger charge is -2.44. The molecule has 0 aliphatic carbocycles. The van der Waals surface area contributed by atoms with Crippen LogP contribution in [0.1, 0.15) is 0 Å². The van der Waals surface area contributed by atoms with E-state index in [4.69, 9.17) is 48.0 Å². The molecule has 1 fully saturated rings. The normalized spacial score (nSPS) is 21.8. The van der Waals surface area contributed by atoms with Crippen molar-refractivity contribution in [3.63, 3.8) is 0 Å². The average Bonchev–Trinajstić information content (AvgIpc) is 2.89. The van der Waals surface area contributed by atoms with Gasteiger partial charge in [0, 0.05) is 19.6 Å². The monoisotopic (exact) mass is 584 g/mol. The SMILES string of the molecule is S=C1P(=S)(c2ccc(Sc3ccccc3)cc2)C(=S)P1(=S)c1ccc(Sc2ccccc2)cc1.